The van der Waals surface area contributed by atoms with Crippen molar-refractivity contribution in [3.8, 4) is 5.75 Å². The fourth-order valence-electron chi connectivity index (χ4n) is 4.15. The molecule has 2 aromatic heterocycles. The molecule has 15 heteroatoms. The topological polar surface area (TPSA) is 170 Å². The number of aromatic nitrogens is 3. The lowest BCUT2D eigenvalue weighted by atomic mass is 10.1. The van der Waals surface area contributed by atoms with E-state index in [2.05, 4.69) is 25.3 Å². The third kappa shape index (κ3) is 8.02. The number of H-pyrrole nitrogens is 1. The number of nitrogens with one attached hydrogen (secondary N) is 3. The molecule has 44 heavy (non-hydrogen) atoms. The van der Waals surface area contributed by atoms with Crippen molar-refractivity contribution in [2.75, 3.05) is 12.4 Å². The number of fused-ring (bicyclic) bond motifs is 1. The van der Waals surface area contributed by atoms with Crippen molar-refractivity contribution < 1.29 is 37.0 Å². The lowest BCUT2D eigenvalue weighted by molar-refractivity contribution is -0.118. The number of pyridine rings is 1. The number of hydrogen-bond acceptors (Lipinski definition) is 7. The number of nitrogens with two attached hydrogens (primary N) is 1. The van der Waals surface area contributed by atoms with Crippen molar-refractivity contribution >= 4 is 34.6 Å². The molecule has 230 valence electrons. The van der Waals surface area contributed by atoms with Crippen LogP contribution in [0.3, 0.4) is 0 Å². The van der Waals surface area contributed by atoms with Gasteiger partial charge in [0, 0.05) is 23.9 Å². The first-order valence-corrected chi connectivity index (χ1v) is 13.1. The summed E-state index contributed by atoms with van der Waals surface area (Å²) in [6.07, 6.45) is 3.41. The molecule has 1 atom stereocenters. The third-order valence-electron chi connectivity index (χ3n) is 6.26. The minimum absolute atomic E-state index is 0.00518. The van der Waals surface area contributed by atoms with Gasteiger partial charge in [0.05, 0.1) is 19.2 Å². The number of rotatable bonds is 12. The molecule has 3 amide bonds. The van der Waals surface area contributed by atoms with Crippen LogP contribution in [-0.4, -0.2) is 45.6 Å². The zero-order valence-electron chi connectivity index (χ0n) is 23.2. The van der Waals surface area contributed by atoms with Crippen LogP contribution < -0.4 is 26.7 Å². The highest BCUT2D eigenvalue weighted by molar-refractivity contribution is 5.96. The molecule has 0 aliphatic rings. The van der Waals surface area contributed by atoms with Crippen LogP contribution in [0.15, 0.2) is 65.6 Å². The Bertz CT molecular complexity index is 1790. The second-order valence-corrected chi connectivity index (χ2v) is 9.42. The normalized spacial score (nSPS) is 11.8. The van der Waals surface area contributed by atoms with Crippen LogP contribution in [-0.2, 0) is 27.5 Å². The SMILES string of the molecule is COC(=O)NC(CC/C=C/C(N)=O)C(=O)Nc1cccn(Cc2nc3c(OCc4ccc(F)cc4F)cc(F)cc3[nH]2)c1=O. The van der Waals surface area contributed by atoms with Crippen LogP contribution >= 0.6 is 0 Å². The summed E-state index contributed by atoms with van der Waals surface area (Å²) in [7, 11) is 1.13. The molecule has 12 nitrogen and oxygen atoms in total. The largest absolute Gasteiger partial charge is 0.486 e. The summed E-state index contributed by atoms with van der Waals surface area (Å²) >= 11 is 0. The van der Waals surface area contributed by atoms with Gasteiger partial charge in [-0.2, -0.15) is 0 Å². The Morgan fingerprint density at radius 2 is 1.93 bits per heavy atom. The van der Waals surface area contributed by atoms with Gasteiger partial charge in [0.2, 0.25) is 11.8 Å². The van der Waals surface area contributed by atoms with Crippen LogP contribution in [0.5, 0.6) is 5.75 Å². The standard InChI is InChI=1S/C29H27F3N6O6/c1-43-29(42)36-20(5-2-3-7-24(33)39)27(40)35-21-6-4-10-38(28(21)41)14-25-34-22-12-18(31)13-23(26(22)37-25)44-15-16-8-9-17(30)11-19(16)32/h3-4,6-13,20H,2,5,14-15H2,1H3,(H2,33,39)(H,34,37)(H,35,40)(H,36,42)/b7-3+. The zero-order valence-corrected chi connectivity index (χ0v) is 23.2. The van der Waals surface area contributed by atoms with Crippen molar-refractivity contribution in [1.82, 2.24) is 19.9 Å². The van der Waals surface area contributed by atoms with E-state index in [-0.39, 0.29) is 59.9 Å². The van der Waals surface area contributed by atoms with E-state index in [1.54, 1.807) is 0 Å². The van der Waals surface area contributed by atoms with Crippen LogP contribution in [0.2, 0.25) is 0 Å². The Morgan fingerprint density at radius 1 is 1.14 bits per heavy atom. The van der Waals surface area contributed by atoms with Gasteiger partial charge in [-0.1, -0.05) is 6.08 Å². The highest BCUT2D eigenvalue weighted by Gasteiger charge is 2.22. The summed E-state index contributed by atoms with van der Waals surface area (Å²) < 4.78 is 53.0. The van der Waals surface area contributed by atoms with E-state index in [0.29, 0.717) is 6.07 Å². The Labute approximate surface area is 247 Å². The van der Waals surface area contributed by atoms with E-state index in [4.69, 9.17) is 10.5 Å². The second-order valence-electron chi connectivity index (χ2n) is 9.42. The molecule has 4 rings (SSSR count). The number of benzene rings is 2. The maximum absolute atomic E-state index is 14.3. The van der Waals surface area contributed by atoms with Gasteiger partial charge in [0.15, 0.2) is 5.75 Å². The monoisotopic (exact) mass is 612 g/mol. The Balaban J connectivity index is 1.51. The molecule has 2 heterocycles. The predicted molar refractivity (Wildman–Crippen MR) is 152 cm³/mol. The third-order valence-corrected chi connectivity index (χ3v) is 6.26. The van der Waals surface area contributed by atoms with Gasteiger partial charge < -0.3 is 35.4 Å². The molecule has 5 N–H and O–H groups in total. The molecule has 2 aromatic carbocycles. The van der Waals surface area contributed by atoms with Gasteiger partial charge in [0.25, 0.3) is 5.56 Å². The Kier molecular flexibility index (Phi) is 10.0. The number of aromatic amines is 1. The minimum atomic E-state index is -1.11. The number of halogens is 3. The molecule has 0 saturated carbocycles. The summed E-state index contributed by atoms with van der Waals surface area (Å²) in [6, 6.07) is 6.99. The van der Waals surface area contributed by atoms with Gasteiger partial charge in [-0.3, -0.25) is 14.4 Å². The van der Waals surface area contributed by atoms with Gasteiger partial charge in [-0.25, -0.2) is 22.9 Å². The number of primary amides is 1. The maximum Gasteiger partial charge on any atom is 0.407 e. The van der Waals surface area contributed by atoms with E-state index in [9.17, 15) is 32.3 Å². The lowest BCUT2D eigenvalue weighted by Gasteiger charge is -2.17. The number of imidazole rings is 1. The molecular formula is C29H27F3N6O6. The van der Waals surface area contributed by atoms with E-state index in [0.717, 1.165) is 25.3 Å². The average Bonchev–Trinajstić information content (AvgIpc) is 3.38. The second kappa shape index (κ2) is 14.0. The summed E-state index contributed by atoms with van der Waals surface area (Å²) in [5.74, 6) is -3.38. The molecule has 0 saturated heterocycles. The van der Waals surface area contributed by atoms with E-state index in [1.807, 2.05) is 0 Å². The number of nitrogens with zero attached hydrogens (tertiary/aromatic N) is 2. The lowest BCUT2D eigenvalue weighted by Crippen LogP contribution is -2.44. The predicted octanol–water partition coefficient (Wildman–Crippen LogP) is 3.25. The average molecular weight is 613 g/mol. The number of methoxy groups -OCH3 is 1. The molecule has 0 spiro atoms. The molecule has 0 aliphatic heterocycles. The van der Waals surface area contributed by atoms with Crippen molar-refractivity contribution in [3.05, 3.63) is 100 Å². The number of ether oxygens (including phenoxy) is 2. The van der Waals surface area contributed by atoms with Gasteiger partial charge in [0.1, 0.15) is 47.1 Å². The smallest absolute Gasteiger partial charge is 0.407 e. The molecule has 0 fully saturated rings. The summed E-state index contributed by atoms with van der Waals surface area (Å²) in [6.45, 7) is -0.437. The highest BCUT2D eigenvalue weighted by atomic mass is 19.1. The first-order chi connectivity index (χ1) is 21.0. The van der Waals surface area contributed by atoms with E-state index >= 15 is 0 Å². The number of anilines is 1. The summed E-state index contributed by atoms with van der Waals surface area (Å²) in [5, 5.41) is 4.86. The number of hydrogen-bond donors (Lipinski definition) is 4. The van der Waals surface area contributed by atoms with Crippen LogP contribution in [0, 0.1) is 17.5 Å². The van der Waals surface area contributed by atoms with E-state index in [1.165, 1.54) is 41.1 Å². The van der Waals surface area contributed by atoms with Gasteiger partial charge in [-0.05, 0) is 49.2 Å². The molecular weight excluding hydrogens is 585 g/mol. The molecule has 0 radical (unpaired) electrons. The fourth-order valence-corrected chi connectivity index (χ4v) is 4.15. The number of alkyl carbamates (subject to hydrolysis) is 1. The molecule has 0 aliphatic carbocycles. The molecule has 0 bridgehead atoms. The van der Waals surface area contributed by atoms with Crippen molar-refractivity contribution in [2.45, 2.75) is 32.0 Å². The minimum Gasteiger partial charge on any atom is -0.486 e. The highest BCUT2D eigenvalue weighted by Crippen LogP contribution is 2.27. The number of amides is 3. The molecule has 4 aromatic rings. The van der Waals surface area contributed by atoms with Crippen molar-refractivity contribution in [2.24, 2.45) is 5.73 Å². The molecule has 1 unspecified atom stereocenters. The Hall–Kier alpha value is -5.60. The zero-order chi connectivity index (χ0) is 31.8. The number of carbonyl (C=O) groups excluding carboxylic acids is 3. The van der Waals surface area contributed by atoms with Gasteiger partial charge in [-0.15, -0.1) is 0 Å². The van der Waals surface area contributed by atoms with Gasteiger partial charge >= 0.3 is 6.09 Å². The summed E-state index contributed by atoms with van der Waals surface area (Å²) in [5.41, 5.74) is 4.85. The van der Waals surface area contributed by atoms with Crippen molar-refractivity contribution in [3.63, 3.8) is 0 Å². The quantitative estimate of drug-likeness (QED) is 0.178. The first-order valence-electron chi connectivity index (χ1n) is 13.1. The van der Waals surface area contributed by atoms with Crippen LogP contribution in [0.4, 0.5) is 23.7 Å². The van der Waals surface area contributed by atoms with Crippen LogP contribution in [0.25, 0.3) is 11.0 Å². The summed E-state index contributed by atoms with van der Waals surface area (Å²) in [4.78, 5) is 56.1. The fraction of sp³-hybridized carbons (Fsp3) is 0.207. The Morgan fingerprint density at radius 3 is 2.66 bits per heavy atom. The first kappa shape index (κ1) is 31.3. The number of carbonyl (C=O) groups is 3. The van der Waals surface area contributed by atoms with Crippen molar-refractivity contribution in [1.29, 1.82) is 0 Å². The maximum atomic E-state index is 14.3. The van der Waals surface area contributed by atoms with E-state index < -0.39 is 47.0 Å². The van der Waals surface area contributed by atoms with Crippen LogP contribution in [0.1, 0.15) is 24.2 Å². The number of allylic oxidation sites excluding steroid dienone is 1.